The van der Waals surface area contributed by atoms with Crippen molar-refractivity contribution in [3.63, 3.8) is 0 Å². The summed E-state index contributed by atoms with van der Waals surface area (Å²) in [4.78, 5) is 13.8. The Hall–Kier alpha value is -0.950. The van der Waals surface area contributed by atoms with Gasteiger partial charge in [-0.15, -0.1) is 0 Å². The number of allylic oxidation sites excluding steroid dienone is 1. The van der Waals surface area contributed by atoms with Crippen LogP contribution in [0.3, 0.4) is 0 Å². The molecule has 2 N–H and O–H groups in total. The highest BCUT2D eigenvalue weighted by atomic mass is 16.5. The molecule has 10 atom stereocenters. The predicted octanol–water partition coefficient (Wildman–Crippen LogP) is 6.98. The number of quaternary nitrogens is 2. The monoisotopic (exact) mass is 669 g/mol. The fourth-order valence-corrected chi connectivity index (χ4v) is 15.3. The SMILES string of the molecule is C=C(C)C1CC[C@]2(CO)CC[C@]3(C)C(CCC4[C@@]5(C)CC[C@H](OC(=O)C[N+]67CC[N+](CCCCO)(CC6)CC7)C(C)(C)C5CC[C@]43C)C12. The first kappa shape index (κ1) is 35.5. The van der Waals surface area contributed by atoms with Crippen LogP contribution < -0.4 is 0 Å². The Morgan fingerprint density at radius 1 is 0.771 bits per heavy atom. The summed E-state index contributed by atoms with van der Waals surface area (Å²) in [5, 5.41) is 20.1. The molecule has 0 amide bonds. The topological polar surface area (TPSA) is 66.8 Å². The Labute approximate surface area is 293 Å². The molecule has 0 aromatic rings. The molecule has 0 aromatic carbocycles. The van der Waals surface area contributed by atoms with Gasteiger partial charge in [0.2, 0.25) is 0 Å². The highest BCUT2D eigenvalue weighted by Gasteiger charge is 2.71. The Kier molecular flexibility index (Phi) is 8.90. The maximum absolute atomic E-state index is 13.8. The van der Waals surface area contributed by atoms with Gasteiger partial charge in [0.25, 0.3) is 0 Å². The van der Waals surface area contributed by atoms with E-state index in [1.165, 1.54) is 94.0 Å². The van der Waals surface area contributed by atoms with Crippen molar-refractivity contribution in [1.29, 1.82) is 0 Å². The van der Waals surface area contributed by atoms with Crippen molar-refractivity contribution in [1.82, 2.24) is 0 Å². The molecule has 6 heteroatoms. The first-order valence-corrected chi connectivity index (χ1v) is 20.4. The average molecular weight is 669 g/mol. The summed E-state index contributed by atoms with van der Waals surface area (Å²) in [5.74, 6) is 3.14. The van der Waals surface area contributed by atoms with E-state index in [0.29, 0.717) is 60.2 Å². The van der Waals surface area contributed by atoms with Crippen LogP contribution in [0.2, 0.25) is 0 Å². The van der Waals surface area contributed by atoms with E-state index in [0.717, 1.165) is 43.4 Å². The van der Waals surface area contributed by atoms with E-state index in [9.17, 15) is 15.0 Å². The highest BCUT2D eigenvalue weighted by Crippen LogP contribution is 2.77. The molecular formula is C42H72N2O4+2. The zero-order valence-electron chi connectivity index (χ0n) is 31.8. The number of carbonyl (C=O) groups is 1. The summed E-state index contributed by atoms with van der Waals surface area (Å²) in [6.07, 6.45) is 14.2. The number of fused-ring (bicyclic) bond motifs is 10. The summed E-state index contributed by atoms with van der Waals surface area (Å²) < 4.78 is 8.73. The third-order valence-corrected chi connectivity index (χ3v) is 18.4. The zero-order valence-corrected chi connectivity index (χ0v) is 31.8. The van der Waals surface area contributed by atoms with E-state index < -0.39 is 0 Å². The number of carbonyl (C=O) groups excluding carboxylic acids is 1. The molecule has 8 aliphatic rings. The van der Waals surface area contributed by atoms with Gasteiger partial charge in [-0.3, -0.25) is 0 Å². The summed E-state index contributed by atoms with van der Waals surface area (Å²) >= 11 is 0. The van der Waals surface area contributed by atoms with Crippen LogP contribution in [0, 0.1) is 56.7 Å². The Bertz CT molecular complexity index is 1240. The number of ether oxygens (including phenoxy) is 1. The zero-order chi connectivity index (χ0) is 34.4. The lowest BCUT2D eigenvalue weighted by atomic mass is 9.32. The Morgan fingerprint density at radius 2 is 1.46 bits per heavy atom. The van der Waals surface area contributed by atoms with Crippen molar-refractivity contribution in [3.8, 4) is 0 Å². The minimum absolute atomic E-state index is 0.00940. The smallest absolute Gasteiger partial charge is 0.362 e. The van der Waals surface area contributed by atoms with Crippen LogP contribution in [0.1, 0.15) is 119 Å². The number of aliphatic hydroxyl groups is 2. The molecule has 5 saturated carbocycles. The van der Waals surface area contributed by atoms with Crippen LogP contribution in [0.5, 0.6) is 0 Å². The van der Waals surface area contributed by atoms with Gasteiger partial charge in [0.05, 0.1) is 6.54 Å². The maximum Gasteiger partial charge on any atom is 0.362 e. The predicted molar refractivity (Wildman–Crippen MR) is 192 cm³/mol. The van der Waals surface area contributed by atoms with Crippen LogP contribution >= 0.6 is 0 Å². The van der Waals surface area contributed by atoms with Crippen molar-refractivity contribution in [2.24, 2.45) is 56.7 Å². The maximum atomic E-state index is 13.8. The second-order valence-electron chi connectivity index (χ2n) is 20.4. The molecule has 0 spiro atoms. The Morgan fingerprint density at radius 3 is 2.10 bits per heavy atom. The second kappa shape index (κ2) is 12.1. The van der Waals surface area contributed by atoms with Crippen molar-refractivity contribution in [2.45, 2.75) is 125 Å². The van der Waals surface area contributed by atoms with E-state index in [4.69, 9.17) is 4.74 Å². The van der Waals surface area contributed by atoms with Gasteiger partial charge in [0, 0.05) is 18.6 Å². The van der Waals surface area contributed by atoms with Crippen LogP contribution in [0.4, 0.5) is 0 Å². The first-order chi connectivity index (χ1) is 22.6. The molecule has 8 fully saturated rings. The fraction of sp³-hybridized carbons (Fsp3) is 0.929. The van der Waals surface area contributed by atoms with Crippen molar-refractivity contribution < 1.29 is 28.7 Å². The van der Waals surface area contributed by atoms with Crippen molar-refractivity contribution in [2.75, 3.05) is 65.6 Å². The lowest BCUT2D eigenvalue weighted by molar-refractivity contribution is -1.08. The van der Waals surface area contributed by atoms with Gasteiger partial charge in [0.1, 0.15) is 45.4 Å². The summed E-state index contributed by atoms with van der Waals surface area (Å²) in [7, 11) is 0. The van der Waals surface area contributed by atoms with Crippen LogP contribution in [0.15, 0.2) is 12.2 Å². The molecule has 0 aromatic heterocycles. The minimum Gasteiger partial charge on any atom is -0.458 e. The van der Waals surface area contributed by atoms with Gasteiger partial charge in [0.15, 0.2) is 6.54 Å². The number of esters is 1. The number of hydrogen-bond donors (Lipinski definition) is 2. The molecule has 3 heterocycles. The lowest BCUT2D eigenvalue weighted by Gasteiger charge is -2.73. The number of aliphatic hydroxyl groups excluding tert-OH is 2. The fourth-order valence-electron chi connectivity index (χ4n) is 15.3. The van der Waals surface area contributed by atoms with E-state index in [1.54, 1.807) is 0 Å². The Balaban J connectivity index is 1.04. The number of hydrogen-bond acceptors (Lipinski definition) is 4. The highest BCUT2D eigenvalue weighted by molar-refractivity contribution is 5.71. The van der Waals surface area contributed by atoms with E-state index in [1.807, 2.05) is 0 Å². The molecule has 3 aliphatic heterocycles. The van der Waals surface area contributed by atoms with Crippen molar-refractivity contribution in [3.05, 3.63) is 12.2 Å². The van der Waals surface area contributed by atoms with Gasteiger partial charge in [-0.25, -0.2) is 4.79 Å². The number of piperazine rings is 3. The average Bonchev–Trinajstić information content (AvgIpc) is 3.44. The molecule has 5 aliphatic carbocycles. The van der Waals surface area contributed by atoms with E-state index in [2.05, 4.69) is 48.1 Å². The van der Waals surface area contributed by atoms with Crippen LogP contribution in [-0.4, -0.2) is 96.8 Å². The molecule has 3 saturated heterocycles. The van der Waals surface area contributed by atoms with Crippen LogP contribution in [-0.2, 0) is 9.53 Å². The molecule has 48 heavy (non-hydrogen) atoms. The quantitative estimate of drug-likeness (QED) is 0.120. The minimum atomic E-state index is -0.0284. The van der Waals surface area contributed by atoms with Crippen molar-refractivity contribution >= 4 is 5.97 Å². The van der Waals surface area contributed by atoms with Gasteiger partial charge in [-0.1, -0.05) is 46.8 Å². The number of rotatable bonds is 9. The molecule has 6 nitrogen and oxygen atoms in total. The first-order valence-electron chi connectivity index (χ1n) is 20.4. The molecule has 272 valence electrons. The van der Waals surface area contributed by atoms with Gasteiger partial charge < -0.3 is 23.9 Å². The van der Waals surface area contributed by atoms with Gasteiger partial charge in [-0.05, 0) is 135 Å². The number of nitrogens with zero attached hydrogens (tertiary/aromatic N) is 2. The molecule has 8 rings (SSSR count). The van der Waals surface area contributed by atoms with Gasteiger partial charge >= 0.3 is 5.97 Å². The largest absolute Gasteiger partial charge is 0.458 e. The second-order valence-corrected chi connectivity index (χ2v) is 20.4. The molecule has 2 bridgehead atoms. The van der Waals surface area contributed by atoms with E-state index in [-0.39, 0.29) is 28.3 Å². The van der Waals surface area contributed by atoms with E-state index >= 15 is 0 Å². The molecule has 5 unspecified atom stereocenters. The van der Waals surface area contributed by atoms with Crippen LogP contribution in [0.25, 0.3) is 0 Å². The molecule has 0 radical (unpaired) electrons. The summed E-state index contributed by atoms with van der Waals surface area (Å²) in [5.41, 5.74) is 2.29. The summed E-state index contributed by atoms with van der Waals surface area (Å²) in [6.45, 7) is 28.9. The standard InChI is InChI=1S/C42H72N2O4/c1-30(2)31-12-17-42(29-46)19-18-40(6)32(37(31)42)10-11-34-39(5)15-14-35(38(3,4)33(39)13-16-41(34,40)7)48-36(47)28-44-24-21-43(22-25-44,23-26-44)20-8-9-27-45/h31-35,37,45-46H,1,8-29H2,2-7H3/q+2/t31?,32?,33?,34?,35-,37?,39-,40+,41+,42+,43?,44?/m0/s1. The lowest BCUT2D eigenvalue weighted by Crippen LogP contribution is -2.75. The number of unbranched alkanes of at least 4 members (excludes halogenated alkanes) is 1. The third-order valence-electron chi connectivity index (χ3n) is 18.4. The van der Waals surface area contributed by atoms with Gasteiger partial charge in [-0.2, -0.15) is 0 Å². The molecular weight excluding hydrogens is 596 g/mol. The third kappa shape index (κ3) is 5.09. The summed E-state index contributed by atoms with van der Waals surface area (Å²) in [6, 6.07) is 0. The normalized spacial score (nSPS) is 50.5.